The Morgan fingerprint density at radius 2 is 2.00 bits per heavy atom. The fraction of sp³-hybridized carbons (Fsp3) is 0.500. The first-order chi connectivity index (χ1) is 9.40. The third-order valence-corrected chi connectivity index (χ3v) is 3.04. The minimum atomic E-state index is -0.934. The molecule has 20 heavy (non-hydrogen) atoms. The van der Waals surface area contributed by atoms with Crippen molar-refractivity contribution in [2.45, 2.75) is 20.3 Å². The molecule has 6 heteroatoms. The number of aliphatic carboxylic acids is 1. The molecule has 1 aromatic rings. The monoisotopic (exact) mass is 280 g/mol. The average molecular weight is 280 g/mol. The van der Waals surface area contributed by atoms with Gasteiger partial charge in [-0.25, -0.2) is 4.79 Å². The number of nitrogens with one attached hydrogen (secondary N) is 1. The van der Waals surface area contributed by atoms with Gasteiger partial charge in [0.2, 0.25) is 0 Å². The fourth-order valence-corrected chi connectivity index (χ4v) is 2.02. The van der Waals surface area contributed by atoms with Gasteiger partial charge >= 0.3 is 11.9 Å². The highest BCUT2D eigenvalue weighted by atomic mass is 16.4. The number of carboxylic acids is 2. The second-order valence-electron chi connectivity index (χ2n) is 5.09. The Bertz CT molecular complexity index is 476. The maximum Gasteiger partial charge on any atom is 0.337 e. The van der Waals surface area contributed by atoms with Crippen molar-refractivity contribution in [1.82, 2.24) is 10.3 Å². The maximum absolute atomic E-state index is 10.5. The van der Waals surface area contributed by atoms with E-state index in [-0.39, 0.29) is 11.5 Å². The number of carboxylic acid groups (broad SMARTS) is 2. The molecule has 2 heterocycles. The van der Waals surface area contributed by atoms with E-state index in [0.29, 0.717) is 12.5 Å². The molecule has 3 N–H and O–H groups in total. The van der Waals surface area contributed by atoms with Gasteiger partial charge in [0, 0.05) is 18.9 Å². The quantitative estimate of drug-likeness (QED) is 0.757. The summed E-state index contributed by atoms with van der Waals surface area (Å²) in [6, 6.07) is 1.58. The summed E-state index contributed by atoms with van der Waals surface area (Å²) in [5.41, 5.74) is 1.10. The van der Waals surface area contributed by atoms with Gasteiger partial charge in [-0.3, -0.25) is 9.78 Å². The Kier molecular flexibility index (Phi) is 6.11. The third kappa shape index (κ3) is 5.36. The molecule has 0 aromatic carbocycles. The van der Waals surface area contributed by atoms with Crippen LogP contribution in [0.3, 0.4) is 0 Å². The number of hydrogen-bond acceptors (Lipinski definition) is 4. The number of aromatic nitrogens is 1. The van der Waals surface area contributed by atoms with Gasteiger partial charge in [-0.15, -0.1) is 0 Å². The second-order valence-corrected chi connectivity index (χ2v) is 5.09. The lowest BCUT2D eigenvalue weighted by Gasteiger charge is -2.24. The predicted molar refractivity (Wildman–Crippen MR) is 73.7 cm³/mol. The van der Waals surface area contributed by atoms with Crippen LogP contribution in [-0.2, 0) is 4.79 Å². The van der Waals surface area contributed by atoms with Crippen LogP contribution in [0.1, 0.15) is 29.3 Å². The molecule has 110 valence electrons. The molecule has 2 unspecified atom stereocenters. The SMILES string of the molecule is CC1CNCC(C(=O)O)C1.Cc1cncc(C(=O)O)c1. The minimum absolute atomic E-state index is 0.163. The zero-order valence-electron chi connectivity index (χ0n) is 11.7. The van der Waals surface area contributed by atoms with Gasteiger partial charge in [-0.05, 0) is 37.4 Å². The lowest BCUT2D eigenvalue weighted by molar-refractivity contribution is -0.142. The van der Waals surface area contributed by atoms with E-state index in [2.05, 4.69) is 17.2 Å². The van der Waals surface area contributed by atoms with Crippen molar-refractivity contribution in [1.29, 1.82) is 0 Å². The second kappa shape index (κ2) is 7.59. The number of carbonyl (C=O) groups is 2. The van der Waals surface area contributed by atoms with E-state index >= 15 is 0 Å². The van der Waals surface area contributed by atoms with Crippen molar-refractivity contribution >= 4 is 11.9 Å². The van der Waals surface area contributed by atoms with E-state index in [9.17, 15) is 9.59 Å². The molecule has 2 rings (SSSR count). The molecule has 1 saturated heterocycles. The number of rotatable bonds is 2. The summed E-state index contributed by atoms with van der Waals surface area (Å²) < 4.78 is 0. The Labute approximate surface area is 117 Å². The highest BCUT2D eigenvalue weighted by Crippen LogP contribution is 2.15. The fourth-order valence-electron chi connectivity index (χ4n) is 2.02. The van der Waals surface area contributed by atoms with Gasteiger partial charge in [0.15, 0.2) is 0 Å². The number of nitrogens with zero attached hydrogens (tertiary/aromatic N) is 1. The number of aryl methyl sites for hydroxylation is 1. The zero-order chi connectivity index (χ0) is 15.1. The van der Waals surface area contributed by atoms with Gasteiger partial charge in [-0.2, -0.15) is 0 Å². The summed E-state index contributed by atoms with van der Waals surface area (Å²) in [5, 5.41) is 20.2. The maximum atomic E-state index is 10.5. The highest BCUT2D eigenvalue weighted by molar-refractivity contribution is 5.87. The first-order valence-corrected chi connectivity index (χ1v) is 6.48. The number of pyridine rings is 1. The summed E-state index contributed by atoms with van der Waals surface area (Å²) in [6.45, 7) is 5.48. The molecule has 2 atom stereocenters. The average Bonchev–Trinajstić information content (AvgIpc) is 2.39. The number of piperidine rings is 1. The molecule has 0 spiro atoms. The summed E-state index contributed by atoms with van der Waals surface area (Å²) in [4.78, 5) is 24.5. The molecule has 0 aliphatic carbocycles. The van der Waals surface area contributed by atoms with Crippen LogP contribution in [0.15, 0.2) is 18.5 Å². The smallest absolute Gasteiger partial charge is 0.337 e. The molecule has 0 bridgehead atoms. The van der Waals surface area contributed by atoms with Crippen molar-refractivity contribution in [2.24, 2.45) is 11.8 Å². The van der Waals surface area contributed by atoms with E-state index in [1.54, 1.807) is 19.2 Å². The standard InChI is InChI=1S/C7H13NO2.C7H7NO2/c2*1-5-2-6(7(9)10)4-8-3-5/h5-6,8H,2-4H2,1H3,(H,9,10);2-4H,1H3,(H,9,10). The Morgan fingerprint density at radius 3 is 2.40 bits per heavy atom. The van der Waals surface area contributed by atoms with E-state index in [1.165, 1.54) is 6.20 Å². The summed E-state index contributed by atoms with van der Waals surface area (Å²) in [6.07, 6.45) is 3.77. The molecule has 0 radical (unpaired) electrons. The Morgan fingerprint density at radius 1 is 1.30 bits per heavy atom. The summed E-state index contributed by atoms with van der Waals surface area (Å²) in [7, 11) is 0. The van der Waals surface area contributed by atoms with Gasteiger partial charge < -0.3 is 15.5 Å². The van der Waals surface area contributed by atoms with Crippen molar-refractivity contribution < 1.29 is 19.8 Å². The Hall–Kier alpha value is -1.95. The molecule has 1 fully saturated rings. The van der Waals surface area contributed by atoms with E-state index in [0.717, 1.165) is 18.5 Å². The molecule has 6 nitrogen and oxygen atoms in total. The van der Waals surface area contributed by atoms with Crippen LogP contribution in [0.2, 0.25) is 0 Å². The van der Waals surface area contributed by atoms with Crippen LogP contribution in [0.25, 0.3) is 0 Å². The van der Waals surface area contributed by atoms with Crippen LogP contribution in [0, 0.1) is 18.8 Å². The first-order valence-electron chi connectivity index (χ1n) is 6.48. The molecule has 0 saturated carbocycles. The third-order valence-electron chi connectivity index (χ3n) is 3.04. The van der Waals surface area contributed by atoms with Gasteiger partial charge in [0.25, 0.3) is 0 Å². The van der Waals surface area contributed by atoms with Gasteiger partial charge in [0.1, 0.15) is 0 Å². The van der Waals surface area contributed by atoms with Crippen LogP contribution in [0.5, 0.6) is 0 Å². The molecule has 1 aliphatic heterocycles. The zero-order valence-corrected chi connectivity index (χ0v) is 11.7. The highest BCUT2D eigenvalue weighted by Gasteiger charge is 2.23. The predicted octanol–water partition coefficient (Wildman–Crippen LogP) is 1.40. The van der Waals surface area contributed by atoms with Crippen molar-refractivity contribution in [3.05, 3.63) is 29.6 Å². The van der Waals surface area contributed by atoms with Gasteiger partial charge in [-0.1, -0.05) is 6.92 Å². The number of hydrogen-bond donors (Lipinski definition) is 3. The molecular formula is C14H20N2O4. The van der Waals surface area contributed by atoms with Crippen molar-refractivity contribution in [2.75, 3.05) is 13.1 Å². The molecule has 0 amide bonds. The van der Waals surface area contributed by atoms with Crippen molar-refractivity contribution in [3.63, 3.8) is 0 Å². The van der Waals surface area contributed by atoms with Crippen LogP contribution in [0.4, 0.5) is 0 Å². The normalized spacial score (nSPS) is 21.5. The van der Waals surface area contributed by atoms with Gasteiger partial charge in [0.05, 0.1) is 11.5 Å². The van der Waals surface area contributed by atoms with E-state index < -0.39 is 11.9 Å². The van der Waals surface area contributed by atoms with E-state index in [1.807, 2.05) is 0 Å². The Balaban J connectivity index is 0.000000200. The van der Waals surface area contributed by atoms with Crippen LogP contribution >= 0.6 is 0 Å². The minimum Gasteiger partial charge on any atom is -0.481 e. The summed E-state index contributed by atoms with van der Waals surface area (Å²) in [5.74, 6) is -1.26. The first kappa shape index (κ1) is 16.1. The van der Waals surface area contributed by atoms with E-state index in [4.69, 9.17) is 10.2 Å². The largest absolute Gasteiger partial charge is 0.481 e. The summed E-state index contributed by atoms with van der Waals surface area (Å²) >= 11 is 0. The number of aromatic carboxylic acids is 1. The lowest BCUT2D eigenvalue weighted by Crippen LogP contribution is -2.38. The van der Waals surface area contributed by atoms with Crippen LogP contribution in [-0.4, -0.2) is 40.2 Å². The van der Waals surface area contributed by atoms with Crippen LogP contribution < -0.4 is 5.32 Å². The van der Waals surface area contributed by atoms with Crippen molar-refractivity contribution in [3.8, 4) is 0 Å². The topological polar surface area (TPSA) is 99.5 Å². The lowest BCUT2D eigenvalue weighted by atomic mass is 9.92. The molecule has 1 aliphatic rings. The molecular weight excluding hydrogens is 260 g/mol. The molecule has 1 aromatic heterocycles.